The van der Waals surface area contributed by atoms with Gasteiger partial charge < -0.3 is 14.7 Å². The summed E-state index contributed by atoms with van der Waals surface area (Å²) in [5, 5.41) is 18.6. The smallest absolute Gasteiger partial charge is 0.463 e. The van der Waals surface area contributed by atoms with Crippen LogP contribution >= 0.6 is 0 Å². The average Bonchev–Trinajstić information content (AvgIpc) is 2.79. The van der Waals surface area contributed by atoms with E-state index in [0.29, 0.717) is 28.3 Å². The summed E-state index contributed by atoms with van der Waals surface area (Å²) in [5.41, 5.74) is 3.70. The van der Waals surface area contributed by atoms with Crippen LogP contribution in [0, 0.1) is 13.8 Å². The van der Waals surface area contributed by atoms with Crippen LogP contribution in [0.15, 0.2) is 77.0 Å². The molecule has 0 radical (unpaired) electrons. The van der Waals surface area contributed by atoms with Crippen LogP contribution in [0.1, 0.15) is 29.2 Å². The summed E-state index contributed by atoms with van der Waals surface area (Å²) in [6.07, 6.45) is -4.54. The molecule has 0 spiro atoms. The Kier molecular flexibility index (Phi) is 7.75. The molecule has 7 nitrogen and oxygen atoms in total. The number of benzene rings is 3. The second-order valence-electron chi connectivity index (χ2n) is 7.49. The maximum atomic E-state index is 12.3. The fourth-order valence-electron chi connectivity index (χ4n) is 3.15. The van der Waals surface area contributed by atoms with Crippen LogP contribution in [0.25, 0.3) is 0 Å². The van der Waals surface area contributed by atoms with E-state index in [-0.39, 0.29) is 5.75 Å². The summed E-state index contributed by atoms with van der Waals surface area (Å²) in [6.45, 7) is 5.27. The van der Waals surface area contributed by atoms with Crippen LogP contribution < -0.4 is 14.6 Å². The van der Waals surface area contributed by atoms with Crippen molar-refractivity contribution in [1.29, 1.82) is 0 Å². The second kappa shape index (κ2) is 10.7. The van der Waals surface area contributed by atoms with E-state index >= 15 is 0 Å². The average molecular weight is 485 g/mol. The number of hydrazone groups is 1. The lowest BCUT2D eigenvalue weighted by Crippen LogP contribution is -2.25. The molecule has 1 N–H and O–H groups in total. The largest absolute Gasteiger partial charge is 0.573 e. The first-order chi connectivity index (χ1) is 16.5. The summed E-state index contributed by atoms with van der Waals surface area (Å²) >= 11 is 0. The number of nitrogens with zero attached hydrogens (tertiary/aromatic N) is 3. The Morgan fingerprint density at radius 2 is 1.51 bits per heavy atom. The predicted molar refractivity (Wildman–Crippen MR) is 126 cm³/mol. The van der Waals surface area contributed by atoms with Crippen molar-refractivity contribution in [2.75, 3.05) is 5.01 Å². The van der Waals surface area contributed by atoms with Crippen LogP contribution in [0.4, 0.5) is 23.7 Å². The van der Waals surface area contributed by atoms with Crippen LogP contribution in [0.3, 0.4) is 0 Å². The maximum Gasteiger partial charge on any atom is 0.573 e. The van der Waals surface area contributed by atoms with Gasteiger partial charge in [-0.2, -0.15) is 10.1 Å². The summed E-state index contributed by atoms with van der Waals surface area (Å²) in [5.74, 6) is 0.0784. The fraction of sp³-hybridized carbons (Fsp3) is 0.160. The molecule has 0 heterocycles. The van der Waals surface area contributed by atoms with Gasteiger partial charge in [0.25, 0.3) is 0 Å². The van der Waals surface area contributed by atoms with E-state index in [1.165, 1.54) is 30.5 Å². The molecule has 0 aliphatic heterocycles. The van der Waals surface area contributed by atoms with Gasteiger partial charge in [-0.3, -0.25) is 0 Å². The monoisotopic (exact) mass is 485 g/mol. The summed E-state index contributed by atoms with van der Waals surface area (Å²) in [7, 11) is 0. The highest BCUT2D eigenvalue weighted by molar-refractivity contribution is 5.98. The number of para-hydroxylation sites is 1. The predicted octanol–water partition coefficient (Wildman–Crippen LogP) is 6.52. The molecule has 3 aromatic rings. The molecule has 0 aromatic heterocycles. The molecule has 3 rings (SSSR count). The van der Waals surface area contributed by atoms with Crippen molar-refractivity contribution >= 4 is 23.7 Å². The van der Waals surface area contributed by atoms with E-state index in [1.54, 1.807) is 31.2 Å². The van der Waals surface area contributed by atoms with Crippen molar-refractivity contribution in [3.05, 3.63) is 89.0 Å². The quantitative estimate of drug-likeness (QED) is 0.305. The molecule has 0 unspecified atom stereocenters. The van der Waals surface area contributed by atoms with Gasteiger partial charge in [-0.05, 0) is 91.6 Å². The maximum absolute atomic E-state index is 12.3. The van der Waals surface area contributed by atoms with Gasteiger partial charge in [0.05, 0.1) is 17.6 Å². The molecule has 10 heteroatoms. The second-order valence-corrected chi connectivity index (χ2v) is 7.49. The number of oxime groups is 1. The molecular weight excluding hydrogens is 463 g/mol. The van der Waals surface area contributed by atoms with Gasteiger partial charge >= 0.3 is 12.5 Å². The van der Waals surface area contributed by atoms with Crippen LogP contribution in [-0.4, -0.2) is 29.5 Å². The highest BCUT2D eigenvalue weighted by Gasteiger charge is 2.31. The number of carboxylic acid groups (broad SMARTS) is 1. The summed E-state index contributed by atoms with van der Waals surface area (Å²) in [4.78, 5) is 17.1. The van der Waals surface area contributed by atoms with Gasteiger partial charge in [-0.15, -0.1) is 13.2 Å². The zero-order valence-corrected chi connectivity index (χ0v) is 19.1. The number of alkyl halides is 3. The van der Waals surface area contributed by atoms with Crippen LogP contribution in [-0.2, 0) is 0 Å². The fourth-order valence-corrected chi connectivity index (χ4v) is 3.15. The number of halogens is 3. The molecule has 0 bridgehead atoms. The number of aryl methyl sites for hydroxylation is 2. The van der Waals surface area contributed by atoms with E-state index in [0.717, 1.165) is 16.1 Å². The molecule has 0 saturated heterocycles. The van der Waals surface area contributed by atoms with Gasteiger partial charge in [0.2, 0.25) is 0 Å². The van der Waals surface area contributed by atoms with Crippen molar-refractivity contribution in [1.82, 2.24) is 0 Å². The minimum absolute atomic E-state index is 0.328. The Bertz CT molecular complexity index is 1220. The zero-order chi connectivity index (χ0) is 25.6. The lowest BCUT2D eigenvalue weighted by atomic mass is 10.1. The van der Waals surface area contributed by atoms with E-state index in [2.05, 4.69) is 15.0 Å². The van der Waals surface area contributed by atoms with Crippen LogP contribution in [0.2, 0.25) is 0 Å². The van der Waals surface area contributed by atoms with Gasteiger partial charge in [0.15, 0.2) is 5.75 Å². The third-order valence-electron chi connectivity index (χ3n) is 4.83. The Morgan fingerprint density at radius 1 is 0.943 bits per heavy atom. The van der Waals surface area contributed by atoms with Gasteiger partial charge in [-0.25, -0.2) is 4.79 Å². The van der Waals surface area contributed by atoms with Crippen molar-refractivity contribution in [2.45, 2.75) is 27.1 Å². The molecular formula is C25H22F3N3O4. The molecule has 0 aliphatic rings. The number of hydrogen-bond acceptors (Lipinski definition) is 5. The Balaban J connectivity index is 1.67. The van der Waals surface area contributed by atoms with E-state index in [4.69, 9.17) is 4.84 Å². The molecule has 0 atom stereocenters. The first-order valence-electron chi connectivity index (χ1n) is 10.3. The molecule has 0 aliphatic carbocycles. The number of ether oxygens (including phenoxy) is 1. The third-order valence-corrected chi connectivity index (χ3v) is 4.83. The van der Waals surface area contributed by atoms with Crippen LogP contribution in [0.5, 0.6) is 11.5 Å². The minimum atomic E-state index is -4.75. The van der Waals surface area contributed by atoms with E-state index < -0.39 is 12.5 Å². The van der Waals surface area contributed by atoms with Crippen molar-refractivity contribution < 1.29 is 32.6 Å². The first-order valence-corrected chi connectivity index (χ1v) is 10.3. The van der Waals surface area contributed by atoms with Crippen molar-refractivity contribution in [2.24, 2.45) is 10.3 Å². The van der Waals surface area contributed by atoms with Crippen molar-refractivity contribution in [3.8, 4) is 11.5 Å². The Labute approximate surface area is 199 Å². The number of rotatable bonds is 7. The standard InChI is InChI=1S/C25H22F3N3O4/c1-16-5-4-6-17(2)23(16)31(24(32)33)29-15-19-7-11-22(12-8-19)35-30-18(3)20-9-13-21(14-10-20)34-25(26,27)28/h4-15H,1-3H3,(H,32,33)/b29-15+,30-18-. The minimum Gasteiger partial charge on any atom is -0.463 e. The molecule has 1 amide bonds. The highest BCUT2D eigenvalue weighted by Crippen LogP contribution is 2.25. The van der Waals surface area contributed by atoms with E-state index in [9.17, 15) is 23.1 Å². The SMILES string of the molecule is C/C(=N/Oc1ccc(/C=N/N(C(=O)O)c2c(C)cccc2C)cc1)c1ccc(OC(F)(F)F)cc1. The first kappa shape index (κ1) is 25.3. The molecule has 0 fully saturated rings. The number of amides is 1. The van der Waals surface area contributed by atoms with Gasteiger partial charge in [0, 0.05) is 0 Å². The molecule has 3 aromatic carbocycles. The van der Waals surface area contributed by atoms with E-state index in [1.807, 2.05) is 32.0 Å². The van der Waals surface area contributed by atoms with Gasteiger partial charge in [0.1, 0.15) is 5.75 Å². The zero-order valence-electron chi connectivity index (χ0n) is 19.1. The number of anilines is 1. The normalized spacial score (nSPS) is 12.0. The molecule has 0 saturated carbocycles. The summed E-state index contributed by atoms with van der Waals surface area (Å²) in [6, 6.07) is 17.3. The Morgan fingerprint density at radius 3 is 2.06 bits per heavy atom. The highest BCUT2D eigenvalue weighted by atomic mass is 19.4. The lowest BCUT2D eigenvalue weighted by molar-refractivity contribution is -0.274. The topological polar surface area (TPSA) is 83.7 Å². The third kappa shape index (κ3) is 7.07. The number of carbonyl (C=O) groups is 1. The molecule has 182 valence electrons. The Hall–Kier alpha value is -4.34. The lowest BCUT2D eigenvalue weighted by Gasteiger charge is -2.18. The van der Waals surface area contributed by atoms with Gasteiger partial charge in [-0.1, -0.05) is 23.4 Å². The number of hydrogen-bond donors (Lipinski definition) is 1. The van der Waals surface area contributed by atoms with Crippen molar-refractivity contribution in [3.63, 3.8) is 0 Å². The summed E-state index contributed by atoms with van der Waals surface area (Å²) < 4.78 is 40.6. The molecule has 35 heavy (non-hydrogen) atoms.